The molecule has 9 heteroatoms. The van der Waals surface area contributed by atoms with Gasteiger partial charge in [-0.1, -0.05) is 84.0 Å². The van der Waals surface area contributed by atoms with Crippen LogP contribution in [-0.4, -0.2) is 49.1 Å². The monoisotopic (exact) mass is 415 g/mol. The van der Waals surface area contributed by atoms with Crippen molar-refractivity contribution in [3.8, 4) is 0 Å². The fourth-order valence-corrected chi connectivity index (χ4v) is 4.11. The Hall–Kier alpha value is -0.220. The van der Waals surface area contributed by atoms with Crippen molar-refractivity contribution >= 4 is 20.4 Å². The first-order valence-electron chi connectivity index (χ1n) is 9.84. The van der Waals surface area contributed by atoms with Crippen LogP contribution in [-0.2, 0) is 20.4 Å². The average molecular weight is 416 g/mol. The Morgan fingerprint density at radius 1 is 0.615 bits per heavy atom. The Kier molecular flexibility index (Phi) is 14.7. The molecule has 0 rings (SSSR count). The molecule has 0 amide bonds. The zero-order valence-electron chi connectivity index (χ0n) is 16.1. The summed E-state index contributed by atoms with van der Waals surface area (Å²) in [5, 5.41) is 0. The van der Waals surface area contributed by atoms with Gasteiger partial charge in [0.2, 0.25) is 0 Å². The van der Waals surface area contributed by atoms with Crippen molar-refractivity contribution in [1.82, 2.24) is 4.31 Å². The Balaban J connectivity index is 3.64. The normalized spacial score (nSPS) is 12.8. The summed E-state index contributed by atoms with van der Waals surface area (Å²) in [5.41, 5.74) is 0. The molecule has 0 atom stereocenters. The van der Waals surface area contributed by atoms with Crippen molar-refractivity contribution in [2.24, 2.45) is 0 Å². The van der Waals surface area contributed by atoms with Gasteiger partial charge < -0.3 is 0 Å². The smallest absolute Gasteiger partial charge is 0.286 e. The second-order valence-electron chi connectivity index (χ2n) is 6.91. The van der Waals surface area contributed by atoms with Gasteiger partial charge in [0.15, 0.2) is 0 Å². The van der Waals surface area contributed by atoms with E-state index in [1.165, 1.54) is 57.8 Å². The summed E-state index contributed by atoms with van der Waals surface area (Å²) in [7, 11) is -8.70. The fraction of sp³-hybridized carbons (Fsp3) is 1.00. The molecule has 0 aliphatic carbocycles. The third-order valence-electron chi connectivity index (χ3n) is 4.44. The zero-order valence-corrected chi connectivity index (χ0v) is 17.7. The second kappa shape index (κ2) is 14.8. The highest BCUT2D eigenvalue weighted by atomic mass is 32.2. The molecule has 0 radical (unpaired) electrons. The molecule has 0 saturated heterocycles. The van der Waals surface area contributed by atoms with Crippen LogP contribution in [0.4, 0.5) is 0 Å². The van der Waals surface area contributed by atoms with Gasteiger partial charge in [-0.3, -0.25) is 9.11 Å². The summed E-state index contributed by atoms with van der Waals surface area (Å²) in [5.74, 6) is -0.717. The molecule has 158 valence electrons. The molecule has 0 aromatic heterocycles. The van der Waals surface area contributed by atoms with E-state index in [-0.39, 0.29) is 6.54 Å². The average Bonchev–Trinajstić information content (AvgIpc) is 2.52. The van der Waals surface area contributed by atoms with Crippen molar-refractivity contribution in [3.05, 3.63) is 0 Å². The van der Waals surface area contributed by atoms with E-state index in [0.29, 0.717) is 10.7 Å². The highest BCUT2D eigenvalue weighted by molar-refractivity contribution is 7.86. The van der Waals surface area contributed by atoms with E-state index in [1.54, 1.807) is 0 Å². The molecule has 0 aromatic rings. The molecule has 0 heterocycles. The van der Waals surface area contributed by atoms with E-state index >= 15 is 0 Å². The summed E-state index contributed by atoms with van der Waals surface area (Å²) in [6, 6.07) is 0. The Labute approximate surface area is 160 Å². The molecule has 0 aliphatic heterocycles. The van der Waals surface area contributed by atoms with Crippen molar-refractivity contribution in [2.75, 3.05) is 18.8 Å². The molecule has 7 nitrogen and oxygen atoms in total. The lowest BCUT2D eigenvalue weighted by Gasteiger charge is -2.17. The number of hydrogen-bond acceptors (Lipinski definition) is 4. The van der Waals surface area contributed by atoms with Gasteiger partial charge in [0.1, 0.15) is 0 Å². The van der Waals surface area contributed by atoms with Crippen LogP contribution < -0.4 is 0 Å². The number of unbranched alkanes of at least 4 members (excludes halogenated alkanes) is 12. The lowest BCUT2D eigenvalue weighted by atomic mass is 10.0. The minimum absolute atomic E-state index is 0.0616. The van der Waals surface area contributed by atoms with E-state index in [9.17, 15) is 16.8 Å². The minimum atomic E-state index is -4.45. The SMILES string of the molecule is CCCCCCCCCCCCCCCN(CCS(=O)(=O)O)S(=O)(=O)O. The van der Waals surface area contributed by atoms with E-state index in [0.717, 1.165) is 19.3 Å². The molecule has 0 saturated carbocycles. The van der Waals surface area contributed by atoms with Crippen LogP contribution >= 0.6 is 0 Å². The van der Waals surface area contributed by atoms with Gasteiger partial charge in [-0.05, 0) is 6.42 Å². The van der Waals surface area contributed by atoms with Crippen LogP contribution in [0.15, 0.2) is 0 Å². The maximum atomic E-state index is 11.2. The van der Waals surface area contributed by atoms with E-state index < -0.39 is 32.7 Å². The van der Waals surface area contributed by atoms with Crippen LogP contribution in [0.5, 0.6) is 0 Å². The zero-order chi connectivity index (χ0) is 19.9. The van der Waals surface area contributed by atoms with Gasteiger partial charge in [0, 0.05) is 13.1 Å². The predicted molar refractivity (Wildman–Crippen MR) is 105 cm³/mol. The third kappa shape index (κ3) is 17.2. The van der Waals surface area contributed by atoms with Crippen LogP contribution in [0.25, 0.3) is 0 Å². The maximum absolute atomic E-state index is 11.2. The van der Waals surface area contributed by atoms with Crippen LogP contribution in [0.3, 0.4) is 0 Å². The molecule has 0 aliphatic rings. The molecule has 26 heavy (non-hydrogen) atoms. The summed E-state index contributed by atoms with van der Waals surface area (Å²) >= 11 is 0. The van der Waals surface area contributed by atoms with Gasteiger partial charge in [-0.25, -0.2) is 0 Å². The van der Waals surface area contributed by atoms with Crippen LogP contribution in [0, 0.1) is 0 Å². The summed E-state index contributed by atoms with van der Waals surface area (Å²) < 4.78 is 62.3. The molecule has 0 fully saturated rings. The first-order chi connectivity index (χ1) is 12.2. The predicted octanol–water partition coefficient (Wildman–Crippen LogP) is 4.07. The second-order valence-corrected chi connectivity index (χ2v) is 9.89. The molecule has 2 N–H and O–H groups in total. The van der Waals surface area contributed by atoms with E-state index in [1.807, 2.05) is 0 Å². The van der Waals surface area contributed by atoms with Gasteiger partial charge in [-0.2, -0.15) is 21.1 Å². The van der Waals surface area contributed by atoms with Gasteiger partial charge in [0.05, 0.1) is 5.75 Å². The third-order valence-corrected chi connectivity index (χ3v) is 6.15. The summed E-state index contributed by atoms with van der Waals surface area (Å²) in [4.78, 5) is 0. The Bertz CT molecular complexity index is 533. The van der Waals surface area contributed by atoms with Gasteiger partial charge in [-0.15, -0.1) is 0 Å². The fourth-order valence-electron chi connectivity index (χ4n) is 2.87. The quantitative estimate of drug-likeness (QED) is 0.258. The molecular weight excluding hydrogens is 378 g/mol. The molecule has 0 aromatic carbocycles. The molecule has 0 spiro atoms. The largest absolute Gasteiger partial charge is 0.335 e. The van der Waals surface area contributed by atoms with Gasteiger partial charge >= 0.3 is 10.3 Å². The van der Waals surface area contributed by atoms with Crippen molar-refractivity contribution in [3.63, 3.8) is 0 Å². The lowest BCUT2D eigenvalue weighted by Crippen LogP contribution is -2.35. The highest BCUT2D eigenvalue weighted by Gasteiger charge is 2.20. The topological polar surface area (TPSA) is 112 Å². The summed E-state index contributed by atoms with van der Waals surface area (Å²) in [6.45, 7) is 1.85. The number of nitrogens with zero attached hydrogens (tertiary/aromatic N) is 1. The van der Waals surface area contributed by atoms with Gasteiger partial charge in [0.25, 0.3) is 10.1 Å². The molecule has 0 bridgehead atoms. The highest BCUT2D eigenvalue weighted by Crippen LogP contribution is 2.13. The Morgan fingerprint density at radius 3 is 1.35 bits per heavy atom. The number of hydrogen-bond donors (Lipinski definition) is 2. The van der Waals surface area contributed by atoms with Crippen LogP contribution in [0.1, 0.15) is 90.4 Å². The summed E-state index contributed by atoms with van der Waals surface area (Å²) in [6.07, 6.45) is 15.1. The lowest BCUT2D eigenvalue weighted by molar-refractivity contribution is 0.351. The van der Waals surface area contributed by atoms with Crippen molar-refractivity contribution in [2.45, 2.75) is 90.4 Å². The van der Waals surface area contributed by atoms with E-state index in [4.69, 9.17) is 9.11 Å². The first kappa shape index (κ1) is 25.8. The number of rotatable bonds is 18. The maximum Gasteiger partial charge on any atom is 0.335 e. The van der Waals surface area contributed by atoms with Crippen molar-refractivity contribution in [1.29, 1.82) is 0 Å². The molecular formula is C17H37NO6S2. The Morgan fingerprint density at radius 2 is 1.00 bits per heavy atom. The first-order valence-corrected chi connectivity index (χ1v) is 12.8. The standard InChI is InChI=1S/C17H37NO6S2/c1-2-3-4-5-6-7-8-9-10-11-12-13-14-15-18(26(22,23)24)16-17-25(19,20)21/h2-17H2,1H3,(H,19,20,21)(H,22,23,24). The van der Waals surface area contributed by atoms with Crippen molar-refractivity contribution < 1.29 is 25.9 Å². The molecule has 0 unspecified atom stereocenters. The van der Waals surface area contributed by atoms with E-state index in [2.05, 4.69) is 6.92 Å². The van der Waals surface area contributed by atoms with Crippen LogP contribution in [0.2, 0.25) is 0 Å². The minimum Gasteiger partial charge on any atom is -0.286 e.